The predicted octanol–water partition coefficient (Wildman–Crippen LogP) is 2.79. The third-order valence-corrected chi connectivity index (χ3v) is 3.63. The maximum Gasteiger partial charge on any atom is 0.0471 e. The van der Waals surface area contributed by atoms with Gasteiger partial charge in [-0.3, -0.25) is 0 Å². The molecule has 102 valence electrons. The molecule has 0 amide bonds. The number of hydrogen-bond donors (Lipinski definition) is 2. The zero-order valence-electron chi connectivity index (χ0n) is 12.2. The fourth-order valence-corrected chi connectivity index (χ4v) is 2.05. The fraction of sp³-hybridized carbons (Fsp3) is 0.625. The molecule has 1 aromatic rings. The highest BCUT2D eigenvalue weighted by atomic mass is 16.3. The van der Waals surface area contributed by atoms with Crippen LogP contribution >= 0.6 is 0 Å². The van der Waals surface area contributed by atoms with Crippen molar-refractivity contribution in [2.45, 2.75) is 46.0 Å². The van der Waals surface area contributed by atoms with Gasteiger partial charge in [0.25, 0.3) is 0 Å². The fourth-order valence-electron chi connectivity index (χ4n) is 2.05. The van der Waals surface area contributed by atoms with Gasteiger partial charge in [-0.15, -0.1) is 0 Å². The Morgan fingerprint density at radius 1 is 1.28 bits per heavy atom. The lowest BCUT2D eigenvalue weighted by atomic mass is 9.84. The van der Waals surface area contributed by atoms with Crippen LogP contribution in [-0.2, 0) is 11.8 Å². The molecule has 1 unspecified atom stereocenters. The van der Waals surface area contributed by atoms with Crippen molar-refractivity contribution < 1.29 is 5.11 Å². The van der Waals surface area contributed by atoms with Crippen molar-refractivity contribution in [3.8, 4) is 0 Å². The molecule has 1 aromatic carbocycles. The molecule has 0 aromatic heterocycles. The number of aliphatic hydroxyl groups excluding tert-OH is 1. The van der Waals surface area contributed by atoms with E-state index in [4.69, 9.17) is 5.73 Å². The van der Waals surface area contributed by atoms with Crippen molar-refractivity contribution in [2.75, 3.05) is 13.2 Å². The second-order valence-corrected chi connectivity index (χ2v) is 6.21. The molecule has 0 fully saturated rings. The zero-order chi connectivity index (χ0) is 13.8. The van der Waals surface area contributed by atoms with Crippen molar-refractivity contribution in [3.63, 3.8) is 0 Å². The number of aliphatic hydroxyl groups is 1. The smallest absolute Gasteiger partial charge is 0.0471 e. The summed E-state index contributed by atoms with van der Waals surface area (Å²) in [7, 11) is 0. The molecule has 0 aliphatic heterocycles. The Hall–Kier alpha value is -0.860. The number of nitrogens with two attached hydrogens (primary N) is 1. The van der Waals surface area contributed by atoms with Crippen LogP contribution in [0, 0.1) is 12.8 Å². The molecule has 2 heteroatoms. The van der Waals surface area contributed by atoms with Crippen LogP contribution in [0.5, 0.6) is 0 Å². The van der Waals surface area contributed by atoms with Crippen molar-refractivity contribution in [1.82, 2.24) is 0 Å². The second kappa shape index (κ2) is 6.35. The first kappa shape index (κ1) is 15.2. The summed E-state index contributed by atoms with van der Waals surface area (Å²) in [5, 5.41) is 9.18. The van der Waals surface area contributed by atoms with Crippen LogP contribution < -0.4 is 5.73 Å². The van der Waals surface area contributed by atoms with Crippen LogP contribution in [-0.4, -0.2) is 18.3 Å². The van der Waals surface area contributed by atoms with Gasteiger partial charge in [-0.2, -0.15) is 0 Å². The SMILES string of the molecule is Cc1ccc(C(C)(C)C)cc1CCC(CN)CO. The number of rotatable bonds is 5. The molecular weight excluding hydrogens is 222 g/mol. The van der Waals surface area contributed by atoms with Gasteiger partial charge in [-0.1, -0.05) is 39.0 Å². The van der Waals surface area contributed by atoms with Gasteiger partial charge in [0.05, 0.1) is 0 Å². The van der Waals surface area contributed by atoms with Crippen LogP contribution in [0.3, 0.4) is 0 Å². The van der Waals surface area contributed by atoms with Crippen LogP contribution in [0.1, 0.15) is 43.9 Å². The van der Waals surface area contributed by atoms with Gasteiger partial charge in [0.2, 0.25) is 0 Å². The summed E-state index contributed by atoms with van der Waals surface area (Å²) in [5.41, 5.74) is 9.90. The predicted molar refractivity (Wildman–Crippen MR) is 77.8 cm³/mol. The molecule has 0 saturated carbocycles. The highest BCUT2D eigenvalue weighted by molar-refractivity contribution is 5.34. The third-order valence-electron chi connectivity index (χ3n) is 3.63. The summed E-state index contributed by atoms with van der Waals surface area (Å²) >= 11 is 0. The lowest BCUT2D eigenvalue weighted by Crippen LogP contribution is -2.19. The molecule has 0 spiro atoms. The van der Waals surface area contributed by atoms with E-state index in [9.17, 15) is 5.11 Å². The van der Waals surface area contributed by atoms with Crippen molar-refractivity contribution >= 4 is 0 Å². The topological polar surface area (TPSA) is 46.2 Å². The van der Waals surface area contributed by atoms with Crippen LogP contribution in [0.2, 0.25) is 0 Å². The van der Waals surface area contributed by atoms with Gasteiger partial charge < -0.3 is 10.8 Å². The molecule has 1 atom stereocenters. The van der Waals surface area contributed by atoms with Gasteiger partial charge in [0.1, 0.15) is 0 Å². The lowest BCUT2D eigenvalue weighted by Gasteiger charge is -2.21. The van der Waals surface area contributed by atoms with E-state index in [0.29, 0.717) is 6.54 Å². The Bertz CT molecular complexity index is 375. The summed E-state index contributed by atoms with van der Waals surface area (Å²) in [5.74, 6) is 0.225. The minimum Gasteiger partial charge on any atom is -0.396 e. The molecule has 0 radical (unpaired) electrons. The lowest BCUT2D eigenvalue weighted by molar-refractivity contribution is 0.223. The second-order valence-electron chi connectivity index (χ2n) is 6.21. The van der Waals surface area contributed by atoms with Crippen LogP contribution in [0.15, 0.2) is 18.2 Å². The average Bonchev–Trinajstić information content (AvgIpc) is 2.31. The molecule has 3 N–H and O–H groups in total. The Kier molecular flexibility index (Phi) is 5.36. The summed E-state index contributed by atoms with van der Waals surface area (Å²) < 4.78 is 0. The van der Waals surface area contributed by atoms with E-state index in [1.54, 1.807) is 0 Å². The molecule has 0 aliphatic carbocycles. The van der Waals surface area contributed by atoms with Gasteiger partial charge in [0.15, 0.2) is 0 Å². The quantitative estimate of drug-likeness (QED) is 0.843. The Labute approximate surface area is 111 Å². The summed E-state index contributed by atoms with van der Waals surface area (Å²) in [6, 6.07) is 6.72. The first-order valence-corrected chi connectivity index (χ1v) is 6.79. The van der Waals surface area contributed by atoms with E-state index in [1.807, 2.05) is 0 Å². The number of aryl methyl sites for hydroxylation is 2. The van der Waals surface area contributed by atoms with Crippen LogP contribution in [0.4, 0.5) is 0 Å². The van der Waals surface area contributed by atoms with E-state index in [1.165, 1.54) is 16.7 Å². The molecule has 0 bridgehead atoms. The minimum atomic E-state index is 0.187. The first-order chi connectivity index (χ1) is 8.38. The summed E-state index contributed by atoms with van der Waals surface area (Å²) in [4.78, 5) is 0. The Morgan fingerprint density at radius 2 is 1.94 bits per heavy atom. The Balaban J connectivity index is 2.82. The summed E-state index contributed by atoms with van der Waals surface area (Å²) in [6.45, 7) is 9.61. The maximum atomic E-state index is 9.18. The van der Waals surface area contributed by atoms with E-state index in [-0.39, 0.29) is 17.9 Å². The number of hydrogen-bond acceptors (Lipinski definition) is 2. The van der Waals surface area contributed by atoms with Crippen LogP contribution in [0.25, 0.3) is 0 Å². The molecule has 0 heterocycles. The zero-order valence-corrected chi connectivity index (χ0v) is 12.2. The van der Waals surface area contributed by atoms with E-state index in [2.05, 4.69) is 45.9 Å². The Morgan fingerprint density at radius 3 is 2.44 bits per heavy atom. The van der Waals surface area contributed by atoms with Gasteiger partial charge in [-0.25, -0.2) is 0 Å². The number of benzene rings is 1. The molecule has 0 aliphatic rings. The average molecular weight is 249 g/mol. The molecule has 1 rings (SSSR count). The third kappa shape index (κ3) is 4.11. The van der Waals surface area contributed by atoms with Gasteiger partial charge in [0, 0.05) is 6.61 Å². The first-order valence-electron chi connectivity index (χ1n) is 6.79. The largest absolute Gasteiger partial charge is 0.396 e. The molecular formula is C16H27NO. The highest BCUT2D eigenvalue weighted by Gasteiger charge is 2.15. The summed E-state index contributed by atoms with van der Waals surface area (Å²) in [6.07, 6.45) is 1.96. The van der Waals surface area contributed by atoms with Crippen molar-refractivity contribution in [3.05, 3.63) is 34.9 Å². The van der Waals surface area contributed by atoms with E-state index < -0.39 is 0 Å². The highest BCUT2D eigenvalue weighted by Crippen LogP contribution is 2.25. The standard InChI is InChI=1S/C16H27NO/c1-12-5-8-15(16(2,3)4)9-14(12)7-6-13(10-17)11-18/h5,8-9,13,18H,6-7,10-11,17H2,1-4H3. The van der Waals surface area contributed by atoms with Crippen molar-refractivity contribution in [2.24, 2.45) is 11.7 Å². The maximum absolute atomic E-state index is 9.18. The van der Waals surface area contributed by atoms with E-state index in [0.717, 1.165) is 12.8 Å². The minimum absolute atomic E-state index is 0.187. The van der Waals surface area contributed by atoms with Crippen molar-refractivity contribution in [1.29, 1.82) is 0 Å². The van der Waals surface area contributed by atoms with Gasteiger partial charge >= 0.3 is 0 Å². The molecule has 18 heavy (non-hydrogen) atoms. The molecule has 2 nitrogen and oxygen atoms in total. The monoisotopic (exact) mass is 249 g/mol. The normalized spacial score (nSPS) is 13.7. The van der Waals surface area contributed by atoms with E-state index >= 15 is 0 Å². The molecule has 0 saturated heterocycles. The van der Waals surface area contributed by atoms with Gasteiger partial charge in [-0.05, 0) is 54.3 Å².